The van der Waals surface area contributed by atoms with Gasteiger partial charge in [0.05, 0.1) is 32.4 Å². The molecule has 0 radical (unpaired) electrons. The summed E-state index contributed by atoms with van der Waals surface area (Å²) in [5.74, 6) is 2.97. The van der Waals surface area contributed by atoms with E-state index >= 15 is 0 Å². The van der Waals surface area contributed by atoms with Crippen LogP contribution in [0.25, 0.3) is 11.0 Å². The maximum Gasteiger partial charge on any atom is 0.225 e. The largest absolute Gasteiger partial charge is 0.497 e. The fraction of sp³-hybridized carbons (Fsp3) is 0.409. The molecular weight excluding hydrogens is 382 g/mol. The van der Waals surface area contributed by atoms with E-state index in [1.807, 2.05) is 30.3 Å². The number of hydrogen-bond donors (Lipinski definition) is 3. The molecule has 0 spiro atoms. The van der Waals surface area contributed by atoms with E-state index in [0.717, 1.165) is 29.0 Å². The van der Waals surface area contributed by atoms with Crippen LogP contribution in [-0.4, -0.2) is 46.9 Å². The molecule has 0 saturated carbocycles. The number of ether oxygens (including phenoxy) is 2. The molecule has 0 amide bonds. The van der Waals surface area contributed by atoms with E-state index in [1.165, 1.54) is 0 Å². The van der Waals surface area contributed by atoms with Gasteiger partial charge in [-0.3, -0.25) is 4.98 Å². The molecule has 0 aliphatic rings. The number of nitrogens with one attached hydrogen (secondary N) is 2. The number of rotatable bonds is 10. The Hall–Kier alpha value is -3.13. The minimum absolute atomic E-state index is 0.0162. The van der Waals surface area contributed by atoms with Gasteiger partial charge in [0.25, 0.3) is 0 Å². The van der Waals surface area contributed by atoms with Crippen LogP contribution < -0.4 is 20.1 Å². The van der Waals surface area contributed by atoms with Crippen LogP contribution in [0.1, 0.15) is 25.8 Å². The average molecular weight is 412 g/mol. The second-order valence-electron chi connectivity index (χ2n) is 7.45. The highest BCUT2D eigenvalue weighted by molar-refractivity contribution is 5.86. The van der Waals surface area contributed by atoms with Crippen molar-refractivity contribution >= 4 is 22.8 Å². The normalized spacial score (nSPS) is 12.1. The Labute approximate surface area is 176 Å². The van der Waals surface area contributed by atoms with Crippen LogP contribution in [-0.2, 0) is 6.54 Å². The van der Waals surface area contributed by atoms with Crippen LogP contribution in [0.15, 0.2) is 36.5 Å². The second kappa shape index (κ2) is 10.1. The molecule has 30 heavy (non-hydrogen) atoms. The lowest BCUT2D eigenvalue weighted by Crippen LogP contribution is -2.26. The van der Waals surface area contributed by atoms with Gasteiger partial charge in [-0.05, 0) is 36.6 Å². The molecule has 3 aromatic rings. The molecular formula is C22H29N5O3. The fourth-order valence-corrected chi connectivity index (χ4v) is 3.26. The zero-order valence-electron chi connectivity index (χ0n) is 17.8. The average Bonchev–Trinajstić information content (AvgIpc) is 2.76. The van der Waals surface area contributed by atoms with Crippen molar-refractivity contribution in [2.45, 2.75) is 32.9 Å². The highest BCUT2D eigenvalue weighted by atomic mass is 16.5. The number of nitrogens with zero attached hydrogens (tertiary/aromatic N) is 3. The number of methoxy groups -OCH3 is 2. The Balaban J connectivity index is 1.86. The van der Waals surface area contributed by atoms with Crippen LogP contribution in [0.5, 0.6) is 11.5 Å². The van der Waals surface area contributed by atoms with Crippen molar-refractivity contribution < 1.29 is 14.6 Å². The van der Waals surface area contributed by atoms with E-state index in [9.17, 15) is 5.11 Å². The molecule has 1 aromatic carbocycles. The highest BCUT2D eigenvalue weighted by Gasteiger charge is 2.15. The summed E-state index contributed by atoms with van der Waals surface area (Å²) in [7, 11) is 3.25. The number of benzene rings is 1. The first-order valence-electron chi connectivity index (χ1n) is 9.99. The van der Waals surface area contributed by atoms with Crippen LogP contribution in [0.4, 0.5) is 11.8 Å². The number of aromatic nitrogens is 3. The number of pyridine rings is 1. The van der Waals surface area contributed by atoms with Crippen LogP contribution in [0.2, 0.25) is 0 Å². The van der Waals surface area contributed by atoms with E-state index in [2.05, 4.69) is 39.4 Å². The number of aliphatic hydroxyl groups excluding tert-OH is 1. The SMILES string of the molecule is COc1ccc(CNc2nc(NC(CO)CC(C)C)c3ncccc3n2)c(OC)c1. The summed E-state index contributed by atoms with van der Waals surface area (Å²) in [6.07, 6.45) is 2.53. The Morgan fingerprint density at radius 2 is 1.93 bits per heavy atom. The fourth-order valence-electron chi connectivity index (χ4n) is 3.26. The molecule has 0 saturated heterocycles. The maximum absolute atomic E-state index is 9.76. The van der Waals surface area contributed by atoms with Gasteiger partial charge in [-0.15, -0.1) is 0 Å². The zero-order chi connectivity index (χ0) is 21.5. The topological polar surface area (TPSA) is 101 Å². The first kappa shape index (κ1) is 21.6. The monoisotopic (exact) mass is 411 g/mol. The molecule has 2 aromatic heterocycles. The third-order valence-electron chi connectivity index (χ3n) is 4.70. The van der Waals surface area contributed by atoms with E-state index < -0.39 is 0 Å². The van der Waals surface area contributed by atoms with E-state index in [1.54, 1.807) is 20.4 Å². The first-order valence-corrected chi connectivity index (χ1v) is 9.99. The summed E-state index contributed by atoms with van der Waals surface area (Å²) in [6, 6.07) is 9.29. The Kier molecular flexibility index (Phi) is 7.24. The van der Waals surface area contributed by atoms with E-state index in [0.29, 0.717) is 29.7 Å². The van der Waals surface area contributed by atoms with Crippen molar-refractivity contribution in [1.82, 2.24) is 15.0 Å². The second-order valence-corrected chi connectivity index (χ2v) is 7.45. The summed E-state index contributed by atoms with van der Waals surface area (Å²) in [5, 5.41) is 16.4. The number of fused-ring (bicyclic) bond motifs is 1. The summed E-state index contributed by atoms with van der Waals surface area (Å²) >= 11 is 0. The first-order chi connectivity index (χ1) is 14.5. The van der Waals surface area contributed by atoms with Gasteiger partial charge < -0.3 is 25.2 Å². The molecule has 0 aliphatic carbocycles. The lowest BCUT2D eigenvalue weighted by Gasteiger charge is -2.20. The Morgan fingerprint density at radius 3 is 2.63 bits per heavy atom. The van der Waals surface area contributed by atoms with Gasteiger partial charge in [0.15, 0.2) is 5.82 Å². The van der Waals surface area contributed by atoms with E-state index in [-0.39, 0.29) is 12.6 Å². The van der Waals surface area contributed by atoms with Gasteiger partial charge in [-0.2, -0.15) is 4.98 Å². The van der Waals surface area contributed by atoms with Crippen molar-refractivity contribution in [3.8, 4) is 11.5 Å². The molecule has 160 valence electrons. The molecule has 3 N–H and O–H groups in total. The lowest BCUT2D eigenvalue weighted by molar-refractivity contribution is 0.259. The molecule has 1 unspecified atom stereocenters. The van der Waals surface area contributed by atoms with Crippen molar-refractivity contribution in [2.24, 2.45) is 5.92 Å². The van der Waals surface area contributed by atoms with Gasteiger partial charge in [-0.1, -0.05) is 13.8 Å². The van der Waals surface area contributed by atoms with Gasteiger partial charge >= 0.3 is 0 Å². The van der Waals surface area contributed by atoms with Gasteiger partial charge in [0.2, 0.25) is 5.95 Å². The van der Waals surface area contributed by atoms with E-state index in [4.69, 9.17) is 9.47 Å². The molecule has 0 bridgehead atoms. The molecule has 1 atom stereocenters. The van der Waals surface area contributed by atoms with Gasteiger partial charge in [-0.25, -0.2) is 4.98 Å². The third-order valence-corrected chi connectivity index (χ3v) is 4.70. The van der Waals surface area contributed by atoms with Crippen molar-refractivity contribution in [3.63, 3.8) is 0 Å². The minimum Gasteiger partial charge on any atom is -0.497 e. The van der Waals surface area contributed by atoms with Crippen LogP contribution >= 0.6 is 0 Å². The smallest absolute Gasteiger partial charge is 0.225 e. The third kappa shape index (κ3) is 5.27. The Bertz CT molecular complexity index is 980. The summed E-state index contributed by atoms with van der Waals surface area (Å²) < 4.78 is 10.7. The zero-order valence-corrected chi connectivity index (χ0v) is 17.8. The summed E-state index contributed by atoms with van der Waals surface area (Å²) in [5.41, 5.74) is 2.35. The molecule has 2 heterocycles. The number of hydrogen-bond acceptors (Lipinski definition) is 8. The maximum atomic E-state index is 9.76. The molecule has 8 nitrogen and oxygen atoms in total. The number of aliphatic hydroxyl groups is 1. The van der Waals surface area contributed by atoms with Gasteiger partial charge in [0, 0.05) is 24.4 Å². The molecule has 0 fully saturated rings. The standard InChI is InChI=1S/C22H29N5O3/c1-14(2)10-16(13-28)25-21-20-18(6-5-9-23-20)26-22(27-21)24-12-15-7-8-17(29-3)11-19(15)30-4/h5-9,11,14,16,28H,10,12-13H2,1-4H3,(H2,24,25,26,27). The van der Waals surface area contributed by atoms with Crippen molar-refractivity contribution in [3.05, 3.63) is 42.1 Å². The van der Waals surface area contributed by atoms with Crippen LogP contribution in [0.3, 0.4) is 0 Å². The molecule has 0 aliphatic heterocycles. The predicted molar refractivity (Wildman–Crippen MR) is 118 cm³/mol. The predicted octanol–water partition coefficient (Wildman–Crippen LogP) is 3.47. The van der Waals surface area contributed by atoms with Crippen molar-refractivity contribution in [2.75, 3.05) is 31.5 Å². The molecule has 8 heteroatoms. The Morgan fingerprint density at radius 1 is 1.10 bits per heavy atom. The minimum atomic E-state index is -0.111. The summed E-state index contributed by atoms with van der Waals surface area (Å²) in [6.45, 7) is 4.74. The number of anilines is 2. The van der Waals surface area contributed by atoms with Crippen molar-refractivity contribution in [1.29, 1.82) is 0 Å². The highest BCUT2D eigenvalue weighted by Crippen LogP contribution is 2.26. The summed E-state index contributed by atoms with van der Waals surface area (Å²) in [4.78, 5) is 13.6. The van der Waals surface area contributed by atoms with Gasteiger partial charge in [0.1, 0.15) is 17.0 Å². The quantitative estimate of drug-likeness (QED) is 0.466. The lowest BCUT2D eigenvalue weighted by atomic mass is 10.0. The van der Waals surface area contributed by atoms with Crippen LogP contribution in [0, 0.1) is 5.92 Å². The molecule has 3 rings (SSSR count).